The zero-order valence-electron chi connectivity index (χ0n) is 25.3. The molecule has 0 saturated heterocycles. The molecule has 0 amide bonds. The molecule has 0 fully saturated rings. The lowest BCUT2D eigenvalue weighted by Crippen LogP contribution is -2.24. The van der Waals surface area contributed by atoms with Crippen LogP contribution in [0.2, 0.25) is 10.0 Å². The first kappa shape index (κ1) is 32.8. The number of carbonyl (C=O) groups is 2. The molecule has 0 spiro atoms. The third-order valence-corrected chi connectivity index (χ3v) is 7.24. The van der Waals surface area contributed by atoms with Gasteiger partial charge in [0.1, 0.15) is 11.6 Å². The number of esters is 2. The van der Waals surface area contributed by atoms with Gasteiger partial charge in [-0.25, -0.2) is 4.98 Å². The van der Waals surface area contributed by atoms with Crippen molar-refractivity contribution in [2.45, 2.75) is 47.1 Å². The van der Waals surface area contributed by atoms with Gasteiger partial charge < -0.3 is 18.8 Å². The number of hydrogen-bond donors (Lipinski definition) is 0. The van der Waals surface area contributed by atoms with Crippen molar-refractivity contribution in [2.24, 2.45) is 5.41 Å². The summed E-state index contributed by atoms with van der Waals surface area (Å²) in [5.41, 5.74) is 4.20. The van der Waals surface area contributed by atoms with Crippen molar-refractivity contribution in [1.29, 1.82) is 0 Å². The standard InChI is InChI=1S/C35H36Cl2N2O5/c1-5-39-22-31(29-18-15-27(36)21-30(29)37)38-32(39)19-10-24-8-11-25(12-9-24)26-13-16-28(17-14-26)42-20-6-7-33(40)43-23-44-34(41)35(2,3)4/h8-19,21-22H,5-7,20,23H2,1-4H3/b19-10+. The largest absolute Gasteiger partial charge is 0.494 e. The Morgan fingerprint density at radius 1 is 0.909 bits per heavy atom. The number of nitrogens with zero attached hydrogens (tertiary/aromatic N) is 2. The Kier molecular flexibility index (Phi) is 11.3. The van der Waals surface area contributed by atoms with Gasteiger partial charge in [0, 0.05) is 29.7 Å². The Bertz CT molecular complexity index is 1600. The van der Waals surface area contributed by atoms with Crippen LogP contribution in [-0.2, 0) is 25.6 Å². The zero-order chi connectivity index (χ0) is 31.7. The van der Waals surface area contributed by atoms with E-state index in [9.17, 15) is 9.59 Å². The lowest BCUT2D eigenvalue weighted by molar-refractivity contribution is -0.173. The fraction of sp³-hybridized carbons (Fsp3) is 0.286. The highest BCUT2D eigenvalue weighted by Gasteiger charge is 2.23. The van der Waals surface area contributed by atoms with Gasteiger partial charge in [-0.1, -0.05) is 65.7 Å². The van der Waals surface area contributed by atoms with E-state index < -0.39 is 17.4 Å². The Morgan fingerprint density at radius 2 is 1.59 bits per heavy atom. The zero-order valence-corrected chi connectivity index (χ0v) is 26.8. The molecule has 9 heteroatoms. The van der Waals surface area contributed by atoms with Gasteiger partial charge in [0.05, 0.1) is 22.7 Å². The highest BCUT2D eigenvalue weighted by molar-refractivity contribution is 6.36. The summed E-state index contributed by atoms with van der Waals surface area (Å²) in [5.74, 6) is 0.697. The van der Waals surface area contributed by atoms with Crippen molar-refractivity contribution in [1.82, 2.24) is 9.55 Å². The fourth-order valence-corrected chi connectivity index (χ4v) is 4.69. The van der Waals surface area contributed by atoms with Gasteiger partial charge in [-0.15, -0.1) is 0 Å². The minimum Gasteiger partial charge on any atom is -0.494 e. The average Bonchev–Trinajstić information content (AvgIpc) is 3.41. The molecular weight excluding hydrogens is 599 g/mol. The Morgan fingerprint density at radius 3 is 2.23 bits per heavy atom. The van der Waals surface area contributed by atoms with Gasteiger partial charge in [0.2, 0.25) is 6.79 Å². The smallest absolute Gasteiger partial charge is 0.314 e. The number of rotatable bonds is 12. The summed E-state index contributed by atoms with van der Waals surface area (Å²) in [6, 6.07) is 21.5. The predicted molar refractivity (Wildman–Crippen MR) is 175 cm³/mol. The molecule has 0 N–H and O–H groups in total. The molecule has 4 rings (SSSR count). The van der Waals surface area contributed by atoms with Crippen LogP contribution < -0.4 is 4.74 Å². The van der Waals surface area contributed by atoms with E-state index in [1.54, 1.807) is 26.8 Å². The van der Waals surface area contributed by atoms with Crippen LogP contribution in [0.1, 0.15) is 51.9 Å². The van der Waals surface area contributed by atoms with Crippen molar-refractivity contribution < 1.29 is 23.8 Å². The van der Waals surface area contributed by atoms with Crippen LogP contribution in [0.3, 0.4) is 0 Å². The van der Waals surface area contributed by atoms with Gasteiger partial charge >= 0.3 is 11.9 Å². The molecule has 0 aliphatic rings. The summed E-state index contributed by atoms with van der Waals surface area (Å²) in [4.78, 5) is 28.3. The maximum absolute atomic E-state index is 11.8. The quantitative estimate of drug-likeness (QED) is 0.0879. The third-order valence-electron chi connectivity index (χ3n) is 6.69. The lowest BCUT2D eigenvalue weighted by atomic mass is 9.98. The summed E-state index contributed by atoms with van der Waals surface area (Å²) in [6.07, 6.45) is 6.69. The number of ether oxygens (including phenoxy) is 3. The van der Waals surface area contributed by atoms with Crippen molar-refractivity contribution >= 4 is 47.3 Å². The topological polar surface area (TPSA) is 79.7 Å². The van der Waals surface area contributed by atoms with Crippen LogP contribution >= 0.6 is 23.2 Å². The molecular formula is C35H36Cl2N2O5. The molecule has 0 saturated carbocycles. The molecule has 0 bridgehead atoms. The maximum atomic E-state index is 11.8. The molecule has 0 radical (unpaired) electrons. The van der Waals surface area contributed by atoms with Crippen LogP contribution in [0.5, 0.6) is 5.75 Å². The molecule has 1 heterocycles. The number of aromatic nitrogens is 2. The highest BCUT2D eigenvalue weighted by Crippen LogP contribution is 2.30. The fourth-order valence-electron chi connectivity index (χ4n) is 4.19. The van der Waals surface area contributed by atoms with E-state index in [1.807, 2.05) is 54.7 Å². The van der Waals surface area contributed by atoms with E-state index in [4.69, 9.17) is 42.4 Å². The minimum absolute atomic E-state index is 0.171. The number of carbonyl (C=O) groups excluding carboxylic acids is 2. The van der Waals surface area contributed by atoms with Gasteiger partial charge in [0.15, 0.2) is 0 Å². The molecule has 3 aromatic carbocycles. The van der Waals surface area contributed by atoms with E-state index >= 15 is 0 Å². The normalized spacial score (nSPS) is 11.5. The first-order valence-electron chi connectivity index (χ1n) is 14.4. The van der Waals surface area contributed by atoms with Gasteiger partial charge in [0.25, 0.3) is 0 Å². The molecule has 4 aromatic rings. The van der Waals surface area contributed by atoms with E-state index in [0.29, 0.717) is 28.8 Å². The van der Waals surface area contributed by atoms with Crippen molar-refractivity contribution in [3.05, 3.63) is 94.4 Å². The summed E-state index contributed by atoms with van der Waals surface area (Å²) >= 11 is 12.5. The summed E-state index contributed by atoms with van der Waals surface area (Å²) < 4.78 is 17.7. The van der Waals surface area contributed by atoms with Crippen LogP contribution in [0.25, 0.3) is 34.5 Å². The van der Waals surface area contributed by atoms with Gasteiger partial charge in [-0.3, -0.25) is 9.59 Å². The monoisotopic (exact) mass is 634 g/mol. The summed E-state index contributed by atoms with van der Waals surface area (Å²) in [7, 11) is 0. The van der Waals surface area contributed by atoms with Gasteiger partial charge in [-0.05, 0) is 87.2 Å². The Labute approximate surface area is 268 Å². The molecule has 0 aliphatic carbocycles. The Hall–Kier alpha value is -4.07. The van der Waals surface area contributed by atoms with Crippen LogP contribution in [0.4, 0.5) is 0 Å². The van der Waals surface area contributed by atoms with Crippen molar-refractivity contribution in [3.8, 4) is 28.1 Å². The first-order chi connectivity index (χ1) is 21.0. The molecule has 230 valence electrons. The highest BCUT2D eigenvalue weighted by atomic mass is 35.5. The molecule has 0 aliphatic heterocycles. The number of halogens is 2. The van der Waals surface area contributed by atoms with E-state index in [0.717, 1.165) is 40.3 Å². The number of hydrogen-bond acceptors (Lipinski definition) is 6. The number of imidazole rings is 1. The molecule has 7 nitrogen and oxygen atoms in total. The first-order valence-corrected chi connectivity index (χ1v) is 15.2. The SMILES string of the molecule is CCn1cc(-c2ccc(Cl)cc2Cl)nc1/C=C/c1ccc(-c2ccc(OCCCC(=O)OCOC(=O)C(C)(C)C)cc2)cc1. The van der Waals surface area contributed by atoms with Crippen molar-refractivity contribution in [2.75, 3.05) is 13.4 Å². The van der Waals surface area contributed by atoms with Crippen LogP contribution in [-0.4, -0.2) is 34.9 Å². The third kappa shape index (κ3) is 9.21. The van der Waals surface area contributed by atoms with E-state index in [1.165, 1.54) is 0 Å². The van der Waals surface area contributed by atoms with Gasteiger partial charge in [-0.2, -0.15) is 0 Å². The van der Waals surface area contributed by atoms with Crippen LogP contribution in [0, 0.1) is 5.41 Å². The van der Waals surface area contributed by atoms with Crippen LogP contribution in [0.15, 0.2) is 72.9 Å². The average molecular weight is 636 g/mol. The second-order valence-electron chi connectivity index (χ2n) is 11.1. The summed E-state index contributed by atoms with van der Waals surface area (Å²) in [5, 5.41) is 1.16. The molecule has 0 atom stereocenters. The second kappa shape index (κ2) is 15.1. The lowest BCUT2D eigenvalue weighted by Gasteiger charge is -2.16. The van der Waals surface area contributed by atoms with E-state index in [2.05, 4.69) is 35.8 Å². The predicted octanol–water partition coefficient (Wildman–Crippen LogP) is 8.96. The molecule has 1 aromatic heterocycles. The molecule has 44 heavy (non-hydrogen) atoms. The number of aryl methyl sites for hydroxylation is 1. The number of benzene rings is 3. The van der Waals surface area contributed by atoms with Crippen molar-refractivity contribution in [3.63, 3.8) is 0 Å². The second-order valence-corrected chi connectivity index (χ2v) is 12.0. The Balaban J connectivity index is 1.26. The molecule has 0 unspecified atom stereocenters. The summed E-state index contributed by atoms with van der Waals surface area (Å²) in [6.45, 7) is 8.04. The maximum Gasteiger partial charge on any atom is 0.314 e. The van der Waals surface area contributed by atoms with E-state index in [-0.39, 0.29) is 13.2 Å². The minimum atomic E-state index is -0.641.